The molecule has 0 heterocycles. The normalized spacial score (nSPS) is 16.2. The predicted octanol–water partition coefficient (Wildman–Crippen LogP) is 2.43. The lowest BCUT2D eigenvalue weighted by Crippen LogP contribution is -2.28. The first-order valence-corrected chi connectivity index (χ1v) is 6.90. The first kappa shape index (κ1) is 14.4. The van der Waals surface area contributed by atoms with E-state index in [1.807, 2.05) is 0 Å². The first-order chi connectivity index (χ1) is 9.70. The molecule has 0 radical (unpaired) electrons. The lowest BCUT2D eigenvalue weighted by Gasteiger charge is -2.19. The van der Waals surface area contributed by atoms with Gasteiger partial charge in [-0.05, 0) is 31.0 Å². The summed E-state index contributed by atoms with van der Waals surface area (Å²) in [6, 6.07) is 4.85. The fourth-order valence-electron chi connectivity index (χ4n) is 2.38. The molecule has 1 aliphatic carbocycles. The van der Waals surface area contributed by atoms with Crippen LogP contribution in [0, 0.1) is 5.92 Å². The summed E-state index contributed by atoms with van der Waals surface area (Å²) in [5, 5.41) is 13.6. The van der Waals surface area contributed by atoms with Gasteiger partial charge in [0.25, 0.3) is 0 Å². The van der Waals surface area contributed by atoms with Gasteiger partial charge in [-0.25, -0.2) is 5.43 Å². The van der Waals surface area contributed by atoms with Crippen LogP contribution < -0.4 is 10.2 Å². The molecule has 2 rings (SSSR count). The molecule has 5 heteroatoms. The van der Waals surface area contributed by atoms with E-state index in [2.05, 4.69) is 10.5 Å². The highest BCUT2D eigenvalue weighted by Crippen LogP contribution is 2.24. The van der Waals surface area contributed by atoms with Crippen molar-refractivity contribution in [1.82, 2.24) is 5.43 Å². The number of nitrogens with one attached hydrogen (secondary N) is 1. The van der Waals surface area contributed by atoms with Gasteiger partial charge in [0, 0.05) is 11.5 Å². The summed E-state index contributed by atoms with van der Waals surface area (Å²) in [5.41, 5.74) is 3.05. The molecule has 0 spiro atoms. The van der Waals surface area contributed by atoms with Crippen molar-refractivity contribution in [1.29, 1.82) is 0 Å². The molecule has 5 nitrogen and oxygen atoms in total. The molecular weight excluding hydrogens is 256 g/mol. The maximum absolute atomic E-state index is 11.9. The molecule has 20 heavy (non-hydrogen) atoms. The molecule has 0 bridgehead atoms. The molecule has 1 saturated carbocycles. The summed E-state index contributed by atoms with van der Waals surface area (Å²) < 4.78 is 5.07. The molecule has 1 aromatic rings. The van der Waals surface area contributed by atoms with Crippen LogP contribution in [0.4, 0.5) is 0 Å². The zero-order valence-corrected chi connectivity index (χ0v) is 11.6. The van der Waals surface area contributed by atoms with Crippen LogP contribution in [-0.4, -0.2) is 24.3 Å². The Labute approximate surface area is 118 Å². The van der Waals surface area contributed by atoms with Crippen molar-refractivity contribution in [2.24, 2.45) is 11.0 Å². The number of phenolic OH excluding ortho intramolecular Hbond substituents is 1. The lowest BCUT2D eigenvalue weighted by molar-refractivity contribution is -0.125. The second kappa shape index (κ2) is 6.93. The molecule has 1 aliphatic rings. The van der Waals surface area contributed by atoms with E-state index in [0.29, 0.717) is 11.3 Å². The Bertz CT molecular complexity index is 494. The van der Waals surface area contributed by atoms with Crippen molar-refractivity contribution in [3.63, 3.8) is 0 Å². The molecule has 1 aromatic carbocycles. The molecule has 2 N–H and O–H groups in total. The van der Waals surface area contributed by atoms with Gasteiger partial charge in [-0.2, -0.15) is 5.10 Å². The number of aromatic hydroxyl groups is 1. The van der Waals surface area contributed by atoms with E-state index in [0.717, 1.165) is 25.7 Å². The first-order valence-electron chi connectivity index (χ1n) is 6.90. The molecule has 0 saturated heterocycles. The Morgan fingerprint density at radius 2 is 2.15 bits per heavy atom. The van der Waals surface area contributed by atoms with Crippen LogP contribution in [0.5, 0.6) is 11.5 Å². The highest BCUT2D eigenvalue weighted by molar-refractivity contribution is 5.86. The van der Waals surface area contributed by atoms with Gasteiger partial charge in [-0.1, -0.05) is 19.3 Å². The average Bonchev–Trinajstić information content (AvgIpc) is 2.50. The molecular formula is C15H20N2O3. The second-order valence-corrected chi connectivity index (χ2v) is 4.99. The van der Waals surface area contributed by atoms with Crippen LogP contribution in [0.3, 0.4) is 0 Å². The Morgan fingerprint density at radius 3 is 2.85 bits per heavy atom. The number of amides is 1. The maximum Gasteiger partial charge on any atom is 0.243 e. The summed E-state index contributed by atoms with van der Waals surface area (Å²) in [4.78, 5) is 11.9. The summed E-state index contributed by atoms with van der Waals surface area (Å²) in [7, 11) is 1.55. The molecule has 1 fully saturated rings. The number of hydrazone groups is 1. The zero-order chi connectivity index (χ0) is 14.4. The van der Waals surface area contributed by atoms with Crippen LogP contribution in [0.2, 0.25) is 0 Å². The standard InChI is InChI=1S/C15H20N2O3/c1-20-13-7-8-14(18)12(9-13)10-16-17-15(19)11-5-3-2-4-6-11/h7-11,18H,2-6H2,1H3,(H,17,19)/b16-10+. The van der Waals surface area contributed by atoms with E-state index in [4.69, 9.17) is 4.74 Å². The van der Waals surface area contributed by atoms with Gasteiger partial charge in [0.2, 0.25) is 5.91 Å². The van der Waals surface area contributed by atoms with E-state index >= 15 is 0 Å². The Kier molecular flexibility index (Phi) is 4.98. The fraction of sp³-hybridized carbons (Fsp3) is 0.467. The van der Waals surface area contributed by atoms with Crippen LogP contribution in [0.25, 0.3) is 0 Å². The van der Waals surface area contributed by atoms with Crippen LogP contribution >= 0.6 is 0 Å². The van der Waals surface area contributed by atoms with E-state index in [-0.39, 0.29) is 17.6 Å². The number of phenols is 1. The summed E-state index contributed by atoms with van der Waals surface area (Å²) in [6.45, 7) is 0. The number of nitrogens with zero attached hydrogens (tertiary/aromatic N) is 1. The summed E-state index contributed by atoms with van der Waals surface area (Å²) in [6.07, 6.45) is 6.73. The van der Waals surface area contributed by atoms with Crippen molar-refractivity contribution in [3.05, 3.63) is 23.8 Å². The molecule has 108 valence electrons. The number of carbonyl (C=O) groups is 1. The average molecular weight is 276 g/mol. The minimum Gasteiger partial charge on any atom is -0.507 e. The second-order valence-electron chi connectivity index (χ2n) is 4.99. The molecule has 0 aromatic heterocycles. The van der Waals surface area contributed by atoms with Gasteiger partial charge in [0.05, 0.1) is 13.3 Å². The van der Waals surface area contributed by atoms with Gasteiger partial charge in [-0.15, -0.1) is 0 Å². The van der Waals surface area contributed by atoms with E-state index in [1.165, 1.54) is 18.7 Å². The van der Waals surface area contributed by atoms with E-state index < -0.39 is 0 Å². The summed E-state index contributed by atoms with van der Waals surface area (Å²) >= 11 is 0. The molecule has 1 amide bonds. The predicted molar refractivity (Wildman–Crippen MR) is 77.0 cm³/mol. The number of benzene rings is 1. The lowest BCUT2D eigenvalue weighted by atomic mass is 9.89. The molecule has 0 aliphatic heterocycles. The number of ether oxygens (including phenoxy) is 1. The minimum absolute atomic E-state index is 0.0386. The SMILES string of the molecule is COc1ccc(O)c(/C=N/NC(=O)C2CCCCC2)c1. The third-order valence-electron chi connectivity index (χ3n) is 3.59. The van der Waals surface area contributed by atoms with Gasteiger partial charge in [0.15, 0.2) is 0 Å². The van der Waals surface area contributed by atoms with Crippen molar-refractivity contribution in [2.45, 2.75) is 32.1 Å². The van der Waals surface area contributed by atoms with Gasteiger partial charge in [-0.3, -0.25) is 4.79 Å². The largest absolute Gasteiger partial charge is 0.507 e. The minimum atomic E-state index is -0.0386. The number of rotatable bonds is 4. The van der Waals surface area contributed by atoms with E-state index in [1.54, 1.807) is 19.2 Å². The third-order valence-corrected chi connectivity index (χ3v) is 3.59. The van der Waals surface area contributed by atoms with Gasteiger partial charge < -0.3 is 9.84 Å². The van der Waals surface area contributed by atoms with Crippen LogP contribution in [0.15, 0.2) is 23.3 Å². The van der Waals surface area contributed by atoms with Crippen LogP contribution in [-0.2, 0) is 4.79 Å². The van der Waals surface area contributed by atoms with Gasteiger partial charge >= 0.3 is 0 Å². The van der Waals surface area contributed by atoms with Crippen molar-refractivity contribution in [2.75, 3.05) is 7.11 Å². The zero-order valence-electron chi connectivity index (χ0n) is 11.6. The monoisotopic (exact) mass is 276 g/mol. The summed E-state index contributed by atoms with van der Waals surface area (Å²) in [5.74, 6) is 0.757. The number of hydrogen-bond acceptors (Lipinski definition) is 4. The number of hydrogen-bond donors (Lipinski definition) is 2. The van der Waals surface area contributed by atoms with Crippen molar-refractivity contribution >= 4 is 12.1 Å². The fourth-order valence-corrected chi connectivity index (χ4v) is 2.38. The van der Waals surface area contributed by atoms with E-state index in [9.17, 15) is 9.90 Å². The highest BCUT2D eigenvalue weighted by atomic mass is 16.5. The Hall–Kier alpha value is -2.04. The number of carbonyl (C=O) groups excluding carboxylic acids is 1. The molecule has 0 atom stereocenters. The van der Waals surface area contributed by atoms with Crippen molar-refractivity contribution < 1.29 is 14.6 Å². The topological polar surface area (TPSA) is 70.9 Å². The highest BCUT2D eigenvalue weighted by Gasteiger charge is 2.20. The molecule has 0 unspecified atom stereocenters. The Morgan fingerprint density at radius 1 is 1.40 bits per heavy atom. The third kappa shape index (κ3) is 3.73. The maximum atomic E-state index is 11.9. The Balaban J connectivity index is 1.94. The quantitative estimate of drug-likeness (QED) is 0.655. The van der Waals surface area contributed by atoms with Crippen molar-refractivity contribution in [3.8, 4) is 11.5 Å². The van der Waals surface area contributed by atoms with Crippen LogP contribution in [0.1, 0.15) is 37.7 Å². The number of methoxy groups -OCH3 is 1. The smallest absolute Gasteiger partial charge is 0.243 e. The van der Waals surface area contributed by atoms with Gasteiger partial charge in [0.1, 0.15) is 11.5 Å².